The molecule has 0 saturated heterocycles. The van der Waals surface area contributed by atoms with Gasteiger partial charge in [-0.25, -0.2) is 4.39 Å². The molecule has 0 aromatic heterocycles. The van der Waals surface area contributed by atoms with Gasteiger partial charge in [0.2, 0.25) is 0 Å². The molecule has 0 spiro atoms. The molecule has 0 aliphatic carbocycles. The second-order valence-electron chi connectivity index (χ2n) is 4.39. The van der Waals surface area contributed by atoms with Crippen LogP contribution in [0.1, 0.15) is 25.8 Å². The first-order valence-electron chi connectivity index (χ1n) is 5.83. The first kappa shape index (κ1) is 14.4. The van der Waals surface area contributed by atoms with E-state index in [2.05, 4.69) is 18.7 Å². The van der Waals surface area contributed by atoms with Crippen LogP contribution in [0.2, 0.25) is 5.02 Å². The Morgan fingerprint density at radius 3 is 2.65 bits per heavy atom. The Morgan fingerprint density at radius 1 is 1.41 bits per heavy atom. The van der Waals surface area contributed by atoms with Crippen LogP contribution < -0.4 is 0 Å². The number of hydrogen-bond acceptors (Lipinski definition) is 2. The maximum atomic E-state index is 13.0. The van der Waals surface area contributed by atoms with Crippen LogP contribution in [0.5, 0.6) is 0 Å². The summed E-state index contributed by atoms with van der Waals surface area (Å²) in [7, 11) is 0. The first-order chi connectivity index (χ1) is 8.04. The third-order valence-electron chi connectivity index (χ3n) is 2.70. The molecule has 0 atom stereocenters. The van der Waals surface area contributed by atoms with Crippen LogP contribution in [0.15, 0.2) is 18.2 Å². The van der Waals surface area contributed by atoms with Crippen molar-refractivity contribution in [2.75, 3.05) is 13.2 Å². The number of benzene rings is 1. The highest BCUT2D eigenvalue weighted by atomic mass is 35.5. The monoisotopic (exact) mass is 259 g/mol. The molecular weight excluding hydrogens is 241 g/mol. The summed E-state index contributed by atoms with van der Waals surface area (Å²) in [6.07, 6.45) is 0.743. The van der Waals surface area contributed by atoms with E-state index in [1.165, 1.54) is 6.07 Å². The van der Waals surface area contributed by atoms with E-state index in [4.69, 9.17) is 16.7 Å². The molecule has 0 heterocycles. The maximum absolute atomic E-state index is 13.0. The lowest BCUT2D eigenvalue weighted by atomic mass is 10.1. The third-order valence-corrected chi connectivity index (χ3v) is 2.99. The second-order valence-corrected chi connectivity index (χ2v) is 4.80. The Balaban J connectivity index is 2.68. The maximum Gasteiger partial charge on any atom is 0.141 e. The van der Waals surface area contributed by atoms with Crippen molar-refractivity contribution in [2.24, 2.45) is 0 Å². The highest BCUT2D eigenvalue weighted by molar-refractivity contribution is 6.30. The lowest BCUT2D eigenvalue weighted by Gasteiger charge is -2.26. The molecule has 0 amide bonds. The summed E-state index contributed by atoms with van der Waals surface area (Å²) in [6, 6.07) is 5.17. The fraction of sp³-hybridized carbons (Fsp3) is 0.538. The second kappa shape index (κ2) is 6.94. The minimum absolute atomic E-state index is 0.161. The molecule has 0 radical (unpaired) electrons. The minimum Gasteiger partial charge on any atom is -0.396 e. The van der Waals surface area contributed by atoms with Gasteiger partial charge in [0.25, 0.3) is 0 Å². The third kappa shape index (κ3) is 4.62. The number of rotatable bonds is 6. The lowest BCUT2D eigenvalue weighted by molar-refractivity contribution is 0.185. The standard InChI is InChI=1S/C13H19ClFNO/c1-10(2)16(6-3-7-17)9-11-4-5-13(15)12(14)8-11/h4-5,8,10,17H,3,6-7,9H2,1-2H3. The first-order valence-corrected chi connectivity index (χ1v) is 6.21. The molecule has 17 heavy (non-hydrogen) atoms. The van der Waals surface area contributed by atoms with Crippen molar-refractivity contribution in [1.82, 2.24) is 4.90 Å². The predicted molar refractivity (Wildman–Crippen MR) is 68.7 cm³/mol. The SMILES string of the molecule is CC(C)N(CCCO)Cc1ccc(F)c(Cl)c1. The summed E-state index contributed by atoms with van der Waals surface area (Å²) in [5.74, 6) is -0.387. The zero-order chi connectivity index (χ0) is 12.8. The van der Waals surface area contributed by atoms with E-state index in [1.54, 1.807) is 12.1 Å². The van der Waals surface area contributed by atoms with E-state index in [9.17, 15) is 4.39 Å². The van der Waals surface area contributed by atoms with Crippen molar-refractivity contribution in [3.05, 3.63) is 34.6 Å². The molecule has 0 aliphatic rings. The van der Waals surface area contributed by atoms with Crippen molar-refractivity contribution in [2.45, 2.75) is 32.9 Å². The predicted octanol–water partition coefficient (Wildman–Crippen LogP) is 3.07. The molecular formula is C13H19ClFNO. The Hall–Kier alpha value is -0.640. The number of nitrogens with zero attached hydrogens (tertiary/aromatic N) is 1. The average molecular weight is 260 g/mol. The largest absolute Gasteiger partial charge is 0.396 e. The van der Waals surface area contributed by atoms with Crippen LogP contribution in [0, 0.1) is 5.82 Å². The van der Waals surface area contributed by atoms with Crippen LogP contribution >= 0.6 is 11.6 Å². The molecule has 1 N–H and O–H groups in total. The van der Waals surface area contributed by atoms with Crippen molar-refractivity contribution in [3.63, 3.8) is 0 Å². The van der Waals surface area contributed by atoms with Gasteiger partial charge in [0, 0.05) is 25.7 Å². The van der Waals surface area contributed by atoms with Crippen LogP contribution in [0.4, 0.5) is 4.39 Å². The molecule has 2 nitrogen and oxygen atoms in total. The fourth-order valence-corrected chi connectivity index (χ4v) is 1.87. The van der Waals surface area contributed by atoms with E-state index in [0.717, 1.165) is 25.1 Å². The lowest BCUT2D eigenvalue weighted by Crippen LogP contribution is -2.31. The Morgan fingerprint density at radius 2 is 2.12 bits per heavy atom. The van der Waals surface area contributed by atoms with Gasteiger partial charge in [-0.2, -0.15) is 0 Å². The zero-order valence-corrected chi connectivity index (χ0v) is 11.0. The quantitative estimate of drug-likeness (QED) is 0.849. The fourth-order valence-electron chi connectivity index (χ4n) is 1.67. The van der Waals surface area contributed by atoms with Gasteiger partial charge in [0.05, 0.1) is 5.02 Å². The highest BCUT2D eigenvalue weighted by Gasteiger charge is 2.10. The summed E-state index contributed by atoms with van der Waals surface area (Å²) in [5.41, 5.74) is 0.989. The van der Waals surface area contributed by atoms with E-state index >= 15 is 0 Å². The van der Waals surface area contributed by atoms with Crippen molar-refractivity contribution in [1.29, 1.82) is 0 Å². The Labute approximate surface area is 107 Å². The van der Waals surface area contributed by atoms with E-state index < -0.39 is 0 Å². The summed E-state index contributed by atoms with van der Waals surface area (Å²) in [6.45, 7) is 5.93. The Kier molecular flexibility index (Phi) is 5.89. The summed E-state index contributed by atoms with van der Waals surface area (Å²) >= 11 is 5.75. The van der Waals surface area contributed by atoms with Gasteiger partial charge in [-0.1, -0.05) is 17.7 Å². The van der Waals surface area contributed by atoms with E-state index in [0.29, 0.717) is 6.04 Å². The van der Waals surface area contributed by atoms with Crippen LogP contribution in [-0.4, -0.2) is 29.2 Å². The zero-order valence-electron chi connectivity index (χ0n) is 10.3. The molecule has 0 bridgehead atoms. The minimum atomic E-state index is -0.387. The molecule has 0 fully saturated rings. The van der Waals surface area contributed by atoms with Gasteiger partial charge < -0.3 is 5.11 Å². The number of aliphatic hydroxyl groups excluding tert-OH is 1. The summed E-state index contributed by atoms with van der Waals surface area (Å²) in [5, 5.41) is 9.01. The normalized spacial score (nSPS) is 11.5. The van der Waals surface area contributed by atoms with Gasteiger partial charge in [-0.05, 0) is 38.0 Å². The van der Waals surface area contributed by atoms with Gasteiger partial charge in [0.15, 0.2) is 0 Å². The average Bonchev–Trinajstić information content (AvgIpc) is 2.28. The van der Waals surface area contributed by atoms with Gasteiger partial charge in [-0.3, -0.25) is 4.90 Å². The smallest absolute Gasteiger partial charge is 0.141 e. The van der Waals surface area contributed by atoms with Crippen LogP contribution in [-0.2, 0) is 6.54 Å². The van der Waals surface area contributed by atoms with Gasteiger partial charge >= 0.3 is 0 Å². The molecule has 0 saturated carbocycles. The molecule has 96 valence electrons. The van der Waals surface area contributed by atoms with E-state index in [1.807, 2.05) is 0 Å². The van der Waals surface area contributed by atoms with Crippen LogP contribution in [0.25, 0.3) is 0 Å². The summed E-state index contributed by atoms with van der Waals surface area (Å²) < 4.78 is 13.0. The molecule has 0 unspecified atom stereocenters. The molecule has 1 rings (SSSR count). The van der Waals surface area contributed by atoms with Gasteiger partial charge in [-0.15, -0.1) is 0 Å². The molecule has 0 aliphatic heterocycles. The highest BCUT2D eigenvalue weighted by Crippen LogP contribution is 2.18. The molecule has 4 heteroatoms. The molecule has 1 aromatic rings. The number of halogens is 2. The van der Waals surface area contributed by atoms with Crippen molar-refractivity contribution < 1.29 is 9.50 Å². The molecule has 1 aromatic carbocycles. The number of hydrogen-bond donors (Lipinski definition) is 1. The van der Waals surface area contributed by atoms with Crippen LogP contribution in [0.3, 0.4) is 0 Å². The van der Waals surface area contributed by atoms with Crippen molar-refractivity contribution in [3.8, 4) is 0 Å². The van der Waals surface area contributed by atoms with Gasteiger partial charge in [0.1, 0.15) is 5.82 Å². The van der Waals surface area contributed by atoms with E-state index in [-0.39, 0.29) is 17.4 Å². The topological polar surface area (TPSA) is 23.5 Å². The van der Waals surface area contributed by atoms with Crippen molar-refractivity contribution >= 4 is 11.6 Å². The number of aliphatic hydroxyl groups is 1. The summed E-state index contributed by atoms with van der Waals surface area (Å²) in [4.78, 5) is 2.22. The Bertz CT molecular complexity index is 357.